The van der Waals surface area contributed by atoms with Gasteiger partial charge in [0.1, 0.15) is 23.6 Å². The number of carboxylic acids is 1. The number of hydrogen-bond donors (Lipinski definition) is 1. The van der Waals surface area contributed by atoms with E-state index in [4.69, 9.17) is 9.47 Å². The van der Waals surface area contributed by atoms with Crippen LogP contribution in [0.4, 0.5) is 0 Å². The summed E-state index contributed by atoms with van der Waals surface area (Å²) in [4.78, 5) is 37.9. The molecule has 0 fully saturated rings. The zero-order valence-electron chi connectivity index (χ0n) is 12.8. The van der Waals surface area contributed by atoms with Crippen molar-refractivity contribution >= 4 is 24.4 Å². The van der Waals surface area contributed by atoms with Gasteiger partial charge in [-0.1, -0.05) is 12.1 Å². The second-order valence-electron chi connectivity index (χ2n) is 5.40. The number of aldehydes is 1. The van der Waals surface area contributed by atoms with Gasteiger partial charge in [0.25, 0.3) is 5.91 Å². The van der Waals surface area contributed by atoms with Gasteiger partial charge in [-0.25, -0.2) is 4.99 Å². The summed E-state index contributed by atoms with van der Waals surface area (Å²) in [5.41, 5.74) is -0.938. The number of methoxy groups -OCH3 is 1. The molecule has 3 atom stereocenters. The SMILES string of the molecule is COc1ccc(COC(C=O)C(C)(C(=O)O)C2C=NC2=O)cc1. The standard InChI is InChI=1S/C16H17NO6/c1-16(15(20)21,12-7-17-14(12)19)13(8-18)23-9-10-3-5-11(22-2)6-4-10/h3-8,12-13H,9H2,1-2H3,(H,20,21). The molecule has 23 heavy (non-hydrogen) atoms. The molecule has 7 heteroatoms. The van der Waals surface area contributed by atoms with Gasteiger partial charge in [-0.15, -0.1) is 0 Å². The maximum Gasteiger partial charge on any atom is 0.313 e. The number of carbonyl (C=O) groups is 3. The van der Waals surface area contributed by atoms with Crippen molar-refractivity contribution in [2.75, 3.05) is 7.11 Å². The maximum absolute atomic E-state index is 11.6. The van der Waals surface area contributed by atoms with E-state index in [1.807, 2.05) is 0 Å². The van der Waals surface area contributed by atoms with Crippen molar-refractivity contribution in [3.8, 4) is 5.75 Å². The molecule has 0 spiro atoms. The molecule has 0 radical (unpaired) electrons. The summed E-state index contributed by atoms with van der Waals surface area (Å²) in [6.45, 7) is 1.35. The van der Waals surface area contributed by atoms with Gasteiger partial charge in [-0.2, -0.15) is 0 Å². The molecule has 2 rings (SSSR count). The van der Waals surface area contributed by atoms with Crippen LogP contribution in [0.2, 0.25) is 0 Å². The Morgan fingerprint density at radius 3 is 2.48 bits per heavy atom. The minimum absolute atomic E-state index is 0.0360. The first-order valence-electron chi connectivity index (χ1n) is 6.94. The van der Waals surface area contributed by atoms with Crippen molar-refractivity contribution in [2.45, 2.75) is 19.6 Å². The summed E-state index contributed by atoms with van der Waals surface area (Å²) in [5.74, 6) is -2.14. The number of benzene rings is 1. The fraction of sp³-hybridized carbons (Fsp3) is 0.375. The number of amides is 1. The number of hydrogen-bond acceptors (Lipinski definition) is 5. The molecule has 1 aromatic rings. The number of carbonyl (C=O) groups excluding carboxylic acids is 2. The fourth-order valence-corrected chi connectivity index (χ4v) is 2.31. The van der Waals surface area contributed by atoms with Gasteiger partial charge in [0.15, 0.2) is 0 Å². The third-order valence-electron chi connectivity index (χ3n) is 4.03. The van der Waals surface area contributed by atoms with E-state index < -0.39 is 29.3 Å². The van der Waals surface area contributed by atoms with Crippen LogP contribution in [0.3, 0.4) is 0 Å². The second-order valence-corrected chi connectivity index (χ2v) is 5.40. The fourth-order valence-electron chi connectivity index (χ4n) is 2.31. The Bertz CT molecular complexity index is 638. The number of rotatable bonds is 8. The average Bonchev–Trinajstić information content (AvgIpc) is 2.54. The van der Waals surface area contributed by atoms with Crippen LogP contribution in [0.1, 0.15) is 12.5 Å². The second kappa shape index (κ2) is 6.70. The third-order valence-corrected chi connectivity index (χ3v) is 4.03. The molecule has 1 aliphatic rings. The summed E-state index contributed by atoms with van der Waals surface area (Å²) in [7, 11) is 1.55. The van der Waals surface area contributed by atoms with Crippen molar-refractivity contribution in [2.24, 2.45) is 16.3 Å². The molecule has 7 nitrogen and oxygen atoms in total. The highest BCUT2D eigenvalue weighted by atomic mass is 16.5. The quantitative estimate of drug-likeness (QED) is 0.720. The van der Waals surface area contributed by atoms with E-state index in [9.17, 15) is 19.5 Å². The van der Waals surface area contributed by atoms with E-state index in [-0.39, 0.29) is 6.61 Å². The van der Waals surface area contributed by atoms with Crippen LogP contribution in [0.15, 0.2) is 29.3 Å². The highest BCUT2D eigenvalue weighted by Gasteiger charge is 2.54. The topological polar surface area (TPSA) is 102 Å². The molecule has 1 aromatic carbocycles. The first kappa shape index (κ1) is 16.8. The predicted molar refractivity (Wildman–Crippen MR) is 80.4 cm³/mol. The van der Waals surface area contributed by atoms with E-state index in [0.717, 1.165) is 5.56 Å². The smallest absolute Gasteiger partial charge is 0.313 e. The normalized spacial score (nSPS) is 20.3. The molecule has 1 amide bonds. The Labute approximate surface area is 132 Å². The number of aliphatic carboxylic acids is 1. The molecule has 1 aliphatic heterocycles. The van der Waals surface area contributed by atoms with E-state index >= 15 is 0 Å². The lowest BCUT2D eigenvalue weighted by atomic mass is 9.71. The van der Waals surface area contributed by atoms with Crippen molar-refractivity contribution in [3.05, 3.63) is 29.8 Å². The number of nitrogens with zero attached hydrogens (tertiary/aromatic N) is 1. The monoisotopic (exact) mass is 319 g/mol. The molecule has 0 aromatic heterocycles. The van der Waals surface area contributed by atoms with Gasteiger partial charge in [0, 0.05) is 6.21 Å². The van der Waals surface area contributed by atoms with Crippen LogP contribution < -0.4 is 4.74 Å². The molecule has 1 N–H and O–H groups in total. The largest absolute Gasteiger partial charge is 0.497 e. The van der Waals surface area contributed by atoms with Crippen LogP contribution in [0, 0.1) is 11.3 Å². The molecule has 3 unspecified atom stereocenters. The Morgan fingerprint density at radius 2 is 2.09 bits per heavy atom. The first-order chi connectivity index (χ1) is 10.9. The minimum atomic E-state index is -1.69. The lowest BCUT2D eigenvalue weighted by Gasteiger charge is -2.36. The Balaban J connectivity index is 2.13. The molecular weight excluding hydrogens is 302 g/mol. The van der Waals surface area contributed by atoms with Crippen molar-refractivity contribution < 1.29 is 29.0 Å². The van der Waals surface area contributed by atoms with E-state index in [0.29, 0.717) is 12.0 Å². The van der Waals surface area contributed by atoms with E-state index in [2.05, 4.69) is 4.99 Å². The molecule has 0 saturated carbocycles. The zero-order chi connectivity index (χ0) is 17.0. The van der Waals surface area contributed by atoms with Crippen LogP contribution in [-0.2, 0) is 25.7 Å². The number of carboxylic acid groups (broad SMARTS) is 1. The summed E-state index contributed by atoms with van der Waals surface area (Å²) in [6.07, 6.45) is 0.378. The van der Waals surface area contributed by atoms with Gasteiger partial charge >= 0.3 is 5.97 Å². The average molecular weight is 319 g/mol. The Hall–Kier alpha value is -2.54. The Morgan fingerprint density at radius 1 is 1.43 bits per heavy atom. The summed E-state index contributed by atoms with van der Waals surface area (Å²) >= 11 is 0. The van der Waals surface area contributed by atoms with Crippen molar-refractivity contribution in [3.63, 3.8) is 0 Å². The highest BCUT2D eigenvalue weighted by molar-refractivity contribution is 6.11. The molecular formula is C16H17NO6. The Kier molecular flexibility index (Phi) is 4.90. The van der Waals surface area contributed by atoms with Crippen LogP contribution in [0.5, 0.6) is 5.75 Å². The zero-order valence-corrected chi connectivity index (χ0v) is 12.8. The minimum Gasteiger partial charge on any atom is -0.497 e. The van der Waals surface area contributed by atoms with Gasteiger partial charge in [-0.05, 0) is 24.6 Å². The molecule has 0 bridgehead atoms. The van der Waals surface area contributed by atoms with Crippen molar-refractivity contribution in [1.29, 1.82) is 0 Å². The van der Waals surface area contributed by atoms with Gasteiger partial charge in [-0.3, -0.25) is 9.59 Å². The summed E-state index contributed by atoms with van der Waals surface area (Å²) in [5, 5.41) is 9.48. The number of ether oxygens (including phenoxy) is 2. The van der Waals surface area contributed by atoms with Gasteiger partial charge < -0.3 is 19.4 Å². The van der Waals surface area contributed by atoms with Crippen molar-refractivity contribution in [1.82, 2.24) is 0 Å². The van der Waals surface area contributed by atoms with Crippen LogP contribution in [0.25, 0.3) is 0 Å². The van der Waals surface area contributed by atoms with E-state index in [1.54, 1.807) is 31.4 Å². The molecule has 1 heterocycles. The lowest BCUT2D eigenvalue weighted by Crippen LogP contribution is -2.53. The van der Waals surface area contributed by atoms with Gasteiger partial charge in [0.2, 0.25) is 0 Å². The third kappa shape index (κ3) is 3.14. The molecule has 122 valence electrons. The highest BCUT2D eigenvalue weighted by Crippen LogP contribution is 2.36. The predicted octanol–water partition coefficient (Wildman–Crippen LogP) is 1.10. The summed E-state index contributed by atoms with van der Waals surface area (Å²) in [6, 6.07) is 6.95. The molecule has 0 aliphatic carbocycles. The van der Waals surface area contributed by atoms with Crippen LogP contribution in [-0.4, -0.2) is 42.7 Å². The maximum atomic E-state index is 11.6. The van der Waals surface area contributed by atoms with Crippen LogP contribution >= 0.6 is 0 Å². The number of aliphatic imine (C=N–C) groups is 1. The lowest BCUT2D eigenvalue weighted by molar-refractivity contribution is -0.167. The van der Waals surface area contributed by atoms with Gasteiger partial charge in [0.05, 0.1) is 19.6 Å². The summed E-state index contributed by atoms with van der Waals surface area (Å²) < 4.78 is 10.5. The van der Waals surface area contributed by atoms with E-state index in [1.165, 1.54) is 13.1 Å². The molecule has 0 saturated heterocycles. The first-order valence-corrected chi connectivity index (χ1v) is 6.94.